The number of fused-ring (bicyclic) bond motifs is 1. The van der Waals surface area contributed by atoms with Crippen LogP contribution in [0.1, 0.15) is 20.6 Å². The van der Waals surface area contributed by atoms with Crippen LogP contribution in [-0.2, 0) is 6.54 Å². The number of nitrogens with zero attached hydrogens (tertiary/aromatic N) is 2. The Morgan fingerprint density at radius 2 is 2.43 bits per heavy atom. The van der Waals surface area contributed by atoms with E-state index in [9.17, 15) is 0 Å². The van der Waals surface area contributed by atoms with E-state index < -0.39 is 0 Å². The standard InChI is InChI=1S/C12H14N2/c1-2-7-12-11(6-1)8-13-14(12)9-10-4-3-5-10/h1-2,6-8,10H,3-5,9H2/i1D. The van der Waals surface area contributed by atoms with Crippen LogP contribution in [0.5, 0.6) is 0 Å². The van der Waals surface area contributed by atoms with Gasteiger partial charge in [-0.05, 0) is 24.8 Å². The quantitative estimate of drug-likeness (QED) is 0.707. The molecule has 0 unspecified atom stereocenters. The molecule has 1 aromatic heterocycles. The number of rotatable bonds is 2. The Labute approximate surface area is 84.9 Å². The summed E-state index contributed by atoms with van der Waals surface area (Å²) in [6, 6.07) is 6.27. The van der Waals surface area contributed by atoms with Crippen LogP contribution in [0.4, 0.5) is 0 Å². The zero-order valence-corrected chi connectivity index (χ0v) is 8.11. The van der Waals surface area contributed by atoms with E-state index in [1.165, 1.54) is 19.3 Å². The van der Waals surface area contributed by atoms with Gasteiger partial charge >= 0.3 is 0 Å². The molecule has 0 saturated heterocycles. The average Bonchev–Trinajstić information content (AvgIpc) is 2.54. The van der Waals surface area contributed by atoms with Crippen molar-refractivity contribution in [2.24, 2.45) is 5.92 Å². The maximum atomic E-state index is 7.54. The first-order valence-electron chi connectivity index (χ1n) is 5.75. The van der Waals surface area contributed by atoms with Crippen molar-refractivity contribution in [3.05, 3.63) is 30.4 Å². The molecule has 14 heavy (non-hydrogen) atoms. The highest BCUT2D eigenvalue weighted by Crippen LogP contribution is 2.28. The van der Waals surface area contributed by atoms with Gasteiger partial charge < -0.3 is 0 Å². The van der Waals surface area contributed by atoms with Crippen molar-refractivity contribution in [3.63, 3.8) is 0 Å². The number of para-hydroxylation sites is 1. The van der Waals surface area contributed by atoms with Gasteiger partial charge in [-0.1, -0.05) is 24.6 Å². The fourth-order valence-corrected chi connectivity index (χ4v) is 2.03. The molecule has 0 atom stereocenters. The predicted octanol–water partition coefficient (Wildman–Crippen LogP) is 2.84. The third kappa shape index (κ3) is 1.22. The number of hydrogen-bond acceptors (Lipinski definition) is 1. The van der Waals surface area contributed by atoms with Crippen LogP contribution in [-0.4, -0.2) is 9.78 Å². The zero-order valence-electron chi connectivity index (χ0n) is 9.11. The van der Waals surface area contributed by atoms with E-state index in [2.05, 4.69) is 9.78 Å². The third-order valence-electron chi connectivity index (χ3n) is 3.14. The summed E-state index contributed by atoms with van der Waals surface area (Å²) in [5, 5.41) is 5.48. The molecule has 2 nitrogen and oxygen atoms in total. The lowest BCUT2D eigenvalue weighted by Gasteiger charge is -2.25. The van der Waals surface area contributed by atoms with Crippen molar-refractivity contribution in [1.82, 2.24) is 9.78 Å². The summed E-state index contributed by atoms with van der Waals surface area (Å²) >= 11 is 0. The normalized spacial score (nSPS) is 18.1. The molecular formula is C12H14N2. The Morgan fingerprint density at radius 3 is 3.21 bits per heavy atom. The van der Waals surface area contributed by atoms with Gasteiger partial charge in [0.05, 0.1) is 13.1 Å². The average molecular weight is 187 g/mol. The van der Waals surface area contributed by atoms with Crippen molar-refractivity contribution in [2.75, 3.05) is 0 Å². The molecule has 0 spiro atoms. The van der Waals surface area contributed by atoms with Gasteiger partial charge in [-0.15, -0.1) is 0 Å². The second-order valence-electron chi connectivity index (χ2n) is 4.11. The highest BCUT2D eigenvalue weighted by atomic mass is 15.3. The molecule has 0 bridgehead atoms. The molecule has 0 N–H and O–H groups in total. The van der Waals surface area contributed by atoms with Crippen molar-refractivity contribution in [1.29, 1.82) is 0 Å². The summed E-state index contributed by atoms with van der Waals surface area (Å²) in [5.41, 5.74) is 1.16. The van der Waals surface area contributed by atoms with Gasteiger partial charge in [-0.3, -0.25) is 4.68 Å². The topological polar surface area (TPSA) is 17.8 Å². The Balaban J connectivity index is 1.96. The van der Waals surface area contributed by atoms with Crippen LogP contribution in [0.25, 0.3) is 10.9 Å². The molecule has 1 saturated carbocycles. The first kappa shape index (κ1) is 7.04. The highest BCUT2D eigenvalue weighted by molar-refractivity contribution is 5.78. The van der Waals surface area contributed by atoms with Crippen LogP contribution >= 0.6 is 0 Å². The first-order valence-corrected chi connectivity index (χ1v) is 5.25. The fourth-order valence-electron chi connectivity index (χ4n) is 2.03. The lowest BCUT2D eigenvalue weighted by Crippen LogP contribution is -2.18. The van der Waals surface area contributed by atoms with Crippen molar-refractivity contribution in [2.45, 2.75) is 25.8 Å². The minimum Gasteiger partial charge on any atom is -0.265 e. The van der Waals surface area contributed by atoms with E-state index in [1.807, 2.05) is 24.4 Å². The number of aromatic nitrogens is 2. The van der Waals surface area contributed by atoms with Crippen LogP contribution in [0.15, 0.2) is 30.4 Å². The molecule has 1 aliphatic carbocycles. The molecule has 3 rings (SSSR count). The van der Waals surface area contributed by atoms with Crippen LogP contribution in [0, 0.1) is 5.92 Å². The van der Waals surface area contributed by atoms with Crippen molar-refractivity contribution >= 4 is 10.9 Å². The van der Waals surface area contributed by atoms with Crippen molar-refractivity contribution in [3.8, 4) is 0 Å². The molecule has 0 aliphatic heterocycles. The lowest BCUT2D eigenvalue weighted by molar-refractivity contribution is 0.270. The molecule has 1 heterocycles. The third-order valence-corrected chi connectivity index (χ3v) is 3.14. The second-order valence-corrected chi connectivity index (χ2v) is 4.11. The SMILES string of the molecule is [2H]c1ccc2c(cnn2CC2CCC2)c1. The summed E-state index contributed by atoms with van der Waals surface area (Å²) in [6.07, 6.45) is 5.93. The molecule has 1 fully saturated rings. The summed E-state index contributed by atoms with van der Waals surface area (Å²) in [5.74, 6) is 0.823. The minimum atomic E-state index is 0.561. The summed E-state index contributed by atoms with van der Waals surface area (Å²) in [4.78, 5) is 0. The van der Waals surface area contributed by atoms with Gasteiger partial charge in [-0.25, -0.2) is 0 Å². The van der Waals surface area contributed by atoms with Gasteiger partial charge in [-0.2, -0.15) is 5.10 Å². The molecule has 1 aromatic carbocycles. The molecular weight excluding hydrogens is 172 g/mol. The number of benzene rings is 1. The Morgan fingerprint density at radius 1 is 1.50 bits per heavy atom. The van der Waals surface area contributed by atoms with E-state index >= 15 is 0 Å². The molecule has 0 radical (unpaired) electrons. The smallest absolute Gasteiger partial charge is 0.0682 e. The van der Waals surface area contributed by atoms with Gasteiger partial charge in [0, 0.05) is 11.9 Å². The largest absolute Gasteiger partial charge is 0.265 e. The lowest BCUT2D eigenvalue weighted by atomic mass is 9.85. The van der Waals surface area contributed by atoms with Crippen LogP contribution in [0.3, 0.4) is 0 Å². The monoisotopic (exact) mass is 187 g/mol. The Kier molecular flexibility index (Phi) is 1.57. The second kappa shape index (κ2) is 3.12. The van der Waals surface area contributed by atoms with Crippen LogP contribution < -0.4 is 0 Å². The van der Waals surface area contributed by atoms with E-state index in [4.69, 9.17) is 1.37 Å². The minimum absolute atomic E-state index is 0.561. The summed E-state index contributed by atoms with van der Waals surface area (Å²) in [7, 11) is 0. The first-order chi connectivity index (χ1) is 7.33. The molecule has 1 aliphatic rings. The van der Waals surface area contributed by atoms with E-state index in [-0.39, 0.29) is 0 Å². The van der Waals surface area contributed by atoms with E-state index in [0.717, 1.165) is 23.4 Å². The van der Waals surface area contributed by atoms with Gasteiger partial charge in [0.15, 0.2) is 0 Å². The van der Waals surface area contributed by atoms with Gasteiger partial charge in [0.1, 0.15) is 0 Å². The Bertz CT molecular complexity index is 485. The molecule has 2 heteroatoms. The maximum Gasteiger partial charge on any atom is 0.0682 e. The molecule has 72 valence electrons. The zero-order chi connectivity index (χ0) is 10.3. The highest BCUT2D eigenvalue weighted by Gasteiger charge is 2.18. The number of hydrogen-bond donors (Lipinski definition) is 0. The van der Waals surface area contributed by atoms with Crippen molar-refractivity contribution < 1.29 is 1.37 Å². The summed E-state index contributed by atoms with van der Waals surface area (Å²) in [6.45, 7) is 1.04. The fraction of sp³-hybridized carbons (Fsp3) is 0.417. The van der Waals surface area contributed by atoms with E-state index in [0.29, 0.717) is 6.04 Å². The van der Waals surface area contributed by atoms with Gasteiger partial charge in [0.2, 0.25) is 0 Å². The van der Waals surface area contributed by atoms with E-state index in [1.54, 1.807) is 0 Å². The molecule has 0 amide bonds. The summed E-state index contributed by atoms with van der Waals surface area (Å²) < 4.78 is 9.62. The maximum absolute atomic E-state index is 7.54. The predicted molar refractivity (Wildman–Crippen MR) is 57.1 cm³/mol. The Hall–Kier alpha value is -1.31. The molecule has 2 aromatic rings. The van der Waals surface area contributed by atoms with Gasteiger partial charge in [0.25, 0.3) is 0 Å². The van der Waals surface area contributed by atoms with Crippen LogP contribution in [0.2, 0.25) is 0 Å².